The number of ether oxygens (including phenoxy) is 1. The van der Waals surface area contributed by atoms with E-state index in [0.29, 0.717) is 26.2 Å². The Morgan fingerprint density at radius 2 is 1.91 bits per heavy atom. The SMILES string of the molecule is CCOC(=O)C1CC(C=CCP(=O)(OCC)OCC)CCN1. The summed E-state index contributed by atoms with van der Waals surface area (Å²) in [6.07, 6.45) is 5.77. The van der Waals surface area contributed by atoms with Crippen molar-refractivity contribution in [2.45, 2.75) is 39.7 Å². The van der Waals surface area contributed by atoms with Gasteiger partial charge in [0.1, 0.15) is 6.04 Å². The van der Waals surface area contributed by atoms with Gasteiger partial charge in [-0.15, -0.1) is 0 Å². The minimum absolute atomic E-state index is 0.199. The molecule has 0 bridgehead atoms. The number of piperidine rings is 1. The van der Waals surface area contributed by atoms with E-state index >= 15 is 0 Å². The third-order valence-electron chi connectivity index (χ3n) is 3.40. The van der Waals surface area contributed by atoms with Crippen molar-refractivity contribution >= 4 is 13.6 Å². The highest BCUT2D eigenvalue weighted by atomic mass is 31.2. The number of hydrogen-bond acceptors (Lipinski definition) is 6. The van der Waals surface area contributed by atoms with Gasteiger partial charge in [-0.05, 0) is 46.1 Å². The highest BCUT2D eigenvalue weighted by Gasteiger charge is 2.27. The number of esters is 1. The number of carbonyl (C=O) groups excluding carboxylic acids is 1. The zero-order valence-electron chi connectivity index (χ0n) is 13.7. The standard InChI is InChI=1S/C15H28NO5P/c1-4-19-15(17)14-12-13(9-10-16-14)8-7-11-22(18,20-5-2)21-6-3/h7-8,13-14,16H,4-6,9-12H2,1-3H3. The lowest BCUT2D eigenvalue weighted by Gasteiger charge is -2.27. The molecule has 0 aliphatic carbocycles. The van der Waals surface area contributed by atoms with Gasteiger partial charge in [0.25, 0.3) is 0 Å². The summed E-state index contributed by atoms with van der Waals surface area (Å²) in [6.45, 7) is 7.29. The monoisotopic (exact) mass is 333 g/mol. The second-order valence-corrected chi connectivity index (χ2v) is 7.20. The average Bonchev–Trinajstić information content (AvgIpc) is 2.48. The zero-order chi connectivity index (χ0) is 16.4. The summed E-state index contributed by atoms with van der Waals surface area (Å²) in [5, 5.41) is 3.17. The molecule has 7 heteroatoms. The van der Waals surface area contributed by atoms with Gasteiger partial charge in [-0.25, -0.2) is 0 Å². The van der Waals surface area contributed by atoms with Crippen LogP contribution >= 0.6 is 7.60 Å². The van der Waals surface area contributed by atoms with E-state index in [0.717, 1.165) is 13.0 Å². The summed E-state index contributed by atoms with van der Waals surface area (Å²) in [5.74, 6) is 0.0715. The first-order chi connectivity index (χ1) is 10.5. The highest BCUT2D eigenvalue weighted by molar-refractivity contribution is 7.54. The van der Waals surface area contributed by atoms with Gasteiger partial charge in [0.2, 0.25) is 0 Å². The fourth-order valence-electron chi connectivity index (χ4n) is 2.46. The van der Waals surface area contributed by atoms with Crippen molar-refractivity contribution in [3.8, 4) is 0 Å². The molecule has 0 saturated carbocycles. The third-order valence-corrected chi connectivity index (χ3v) is 5.37. The molecule has 128 valence electrons. The molecule has 0 aromatic heterocycles. The van der Waals surface area contributed by atoms with Crippen LogP contribution in [0, 0.1) is 5.92 Å². The third kappa shape index (κ3) is 6.61. The van der Waals surface area contributed by atoms with Crippen LogP contribution in [0.25, 0.3) is 0 Å². The molecule has 2 unspecified atom stereocenters. The van der Waals surface area contributed by atoms with E-state index in [2.05, 4.69) is 5.32 Å². The Bertz CT molecular complexity index is 403. The molecule has 0 aromatic carbocycles. The van der Waals surface area contributed by atoms with Crippen molar-refractivity contribution in [2.24, 2.45) is 5.92 Å². The predicted octanol–water partition coefficient (Wildman–Crippen LogP) is 2.74. The molecule has 1 aliphatic rings. The molecule has 6 nitrogen and oxygen atoms in total. The molecule has 0 aromatic rings. The summed E-state index contributed by atoms with van der Waals surface area (Å²) < 4.78 is 27.9. The number of allylic oxidation sites excluding steroid dienone is 2. The van der Waals surface area contributed by atoms with Crippen molar-refractivity contribution in [1.29, 1.82) is 0 Å². The molecule has 1 aliphatic heterocycles. The van der Waals surface area contributed by atoms with Crippen LogP contribution in [-0.2, 0) is 23.1 Å². The molecular formula is C15H28NO5P. The highest BCUT2D eigenvalue weighted by Crippen LogP contribution is 2.48. The average molecular weight is 333 g/mol. The first kappa shape index (κ1) is 19.4. The number of nitrogens with one attached hydrogen (secondary N) is 1. The predicted molar refractivity (Wildman–Crippen MR) is 86.0 cm³/mol. The molecular weight excluding hydrogens is 305 g/mol. The summed E-state index contributed by atoms with van der Waals surface area (Å²) >= 11 is 0. The fraction of sp³-hybridized carbons (Fsp3) is 0.800. The van der Waals surface area contributed by atoms with E-state index < -0.39 is 7.60 Å². The van der Waals surface area contributed by atoms with Gasteiger partial charge in [0, 0.05) is 0 Å². The van der Waals surface area contributed by atoms with Gasteiger partial charge >= 0.3 is 13.6 Å². The lowest BCUT2D eigenvalue weighted by atomic mass is 9.92. The minimum Gasteiger partial charge on any atom is -0.465 e. The number of hydrogen-bond donors (Lipinski definition) is 1. The zero-order valence-corrected chi connectivity index (χ0v) is 14.6. The first-order valence-electron chi connectivity index (χ1n) is 7.99. The van der Waals surface area contributed by atoms with Gasteiger partial charge in [0.05, 0.1) is 26.0 Å². The Morgan fingerprint density at radius 1 is 1.23 bits per heavy atom. The Hall–Kier alpha value is -0.680. The van der Waals surface area contributed by atoms with Gasteiger partial charge in [-0.3, -0.25) is 9.36 Å². The molecule has 1 fully saturated rings. The number of rotatable bonds is 9. The summed E-state index contributed by atoms with van der Waals surface area (Å²) in [7, 11) is -3.03. The van der Waals surface area contributed by atoms with Crippen LogP contribution in [0.5, 0.6) is 0 Å². The minimum atomic E-state index is -3.03. The summed E-state index contributed by atoms with van der Waals surface area (Å²) in [5.41, 5.74) is 0. The van der Waals surface area contributed by atoms with E-state index in [1.165, 1.54) is 0 Å². The van der Waals surface area contributed by atoms with Crippen LogP contribution in [0.1, 0.15) is 33.6 Å². The van der Waals surface area contributed by atoms with Crippen molar-refractivity contribution in [3.63, 3.8) is 0 Å². The molecule has 1 rings (SSSR count). The van der Waals surface area contributed by atoms with Crippen LogP contribution in [0.2, 0.25) is 0 Å². The van der Waals surface area contributed by atoms with Crippen LogP contribution in [0.3, 0.4) is 0 Å². The molecule has 0 radical (unpaired) electrons. The lowest BCUT2D eigenvalue weighted by Crippen LogP contribution is -2.44. The molecule has 0 amide bonds. The second kappa shape index (κ2) is 10.2. The van der Waals surface area contributed by atoms with Gasteiger partial charge in [0.15, 0.2) is 0 Å². The Kier molecular flexibility index (Phi) is 8.95. The quantitative estimate of drug-likeness (QED) is 0.397. The Labute approximate surface area is 133 Å². The van der Waals surface area contributed by atoms with Gasteiger partial charge in [-0.2, -0.15) is 0 Å². The van der Waals surface area contributed by atoms with Crippen molar-refractivity contribution in [1.82, 2.24) is 5.32 Å². The maximum atomic E-state index is 12.3. The van der Waals surface area contributed by atoms with Crippen molar-refractivity contribution < 1.29 is 23.1 Å². The van der Waals surface area contributed by atoms with Crippen LogP contribution in [0.15, 0.2) is 12.2 Å². The fourth-order valence-corrected chi connectivity index (χ4v) is 3.91. The lowest BCUT2D eigenvalue weighted by molar-refractivity contribution is -0.146. The normalized spacial score (nSPS) is 22.9. The maximum Gasteiger partial charge on any atom is 0.334 e. The number of carbonyl (C=O) groups is 1. The molecule has 1 N–H and O–H groups in total. The molecule has 1 saturated heterocycles. The van der Waals surface area contributed by atoms with E-state index in [4.69, 9.17) is 13.8 Å². The topological polar surface area (TPSA) is 73.9 Å². The van der Waals surface area contributed by atoms with E-state index in [1.807, 2.05) is 12.2 Å². The van der Waals surface area contributed by atoms with E-state index in [9.17, 15) is 9.36 Å². The second-order valence-electron chi connectivity index (χ2n) is 5.10. The maximum absolute atomic E-state index is 12.3. The molecule has 22 heavy (non-hydrogen) atoms. The van der Waals surface area contributed by atoms with Crippen molar-refractivity contribution in [2.75, 3.05) is 32.5 Å². The Balaban J connectivity index is 2.51. The first-order valence-corrected chi connectivity index (χ1v) is 9.72. The largest absolute Gasteiger partial charge is 0.465 e. The molecule has 0 spiro atoms. The van der Waals surface area contributed by atoms with Crippen LogP contribution in [-0.4, -0.2) is 44.5 Å². The van der Waals surface area contributed by atoms with Crippen LogP contribution < -0.4 is 5.32 Å². The molecule has 1 heterocycles. The summed E-state index contributed by atoms with van der Waals surface area (Å²) in [6, 6.07) is -0.256. The Morgan fingerprint density at radius 3 is 2.50 bits per heavy atom. The van der Waals surface area contributed by atoms with Gasteiger partial charge in [-0.1, -0.05) is 12.2 Å². The van der Waals surface area contributed by atoms with Gasteiger partial charge < -0.3 is 19.1 Å². The smallest absolute Gasteiger partial charge is 0.334 e. The van der Waals surface area contributed by atoms with E-state index in [-0.39, 0.29) is 24.1 Å². The van der Waals surface area contributed by atoms with Crippen LogP contribution in [0.4, 0.5) is 0 Å². The van der Waals surface area contributed by atoms with Crippen molar-refractivity contribution in [3.05, 3.63) is 12.2 Å². The molecule has 2 atom stereocenters. The summed E-state index contributed by atoms with van der Waals surface area (Å²) in [4.78, 5) is 11.8. The van der Waals surface area contributed by atoms with E-state index in [1.54, 1.807) is 20.8 Å².